The number of para-hydroxylation sites is 1. The van der Waals surface area contributed by atoms with E-state index in [4.69, 9.17) is 9.47 Å². The standard InChI is InChI=1S/C23H24N2O3/c1-15-5-4-6-20-21(14-24-22(15)20)16-7-9-25(10-8-16)23(26)17-11-18(27-2)13-19(12-17)28-3/h4-7,11-14,24H,8-10H2,1-3H3. The number of nitrogens with zero attached hydrogens (tertiary/aromatic N) is 1. The van der Waals surface area contributed by atoms with Gasteiger partial charge < -0.3 is 19.4 Å². The van der Waals surface area contributed by atoms with Crippen molar-refractivity contribution in [3.8, 4) is 11.5 Å². The Kier molecular flexibility index (Phi) is 4.82. The Morgan fingerprint density at radius 2 is 1.86 bits per heavy atom. The van der Waals surface area contributed by atoms with Crippen molar-refractivity contribution in [2.45, 2.75) is 13.3 Å². The molecule has 0 radical (unpaired) electrons. The van der Waals surface area contributed by atoms with Crippen LogP contribution in [0.15, 0.2) is 48.7 Å². The molecule has 4 rings (SSSR count). The van der Waals surface area contributed by atoms with Gasteiger partial charge in [-0.15, -0.1) is 0 Å². The fourth-order valence-electron chi connectivity index (χ4n) is 3.78. The number of hydrogen-bond acceptors (Lipinski definition) is 3. The third-order valence-corrected chi connectivity index (χ3v) is 5.36. The van der Waals surface area contributed by atoms with Gasteiger partial charge in [0.2, 0.25) is 0 Å². The van der Waals surface area contributed by atoms with E-state index in [9.17, 15) is 4.79 Å². The molecule has 0 atom stereocenters. The number of methoxy groups -OCH3 is 2. The van der Waals surface area contributed by atoms with Gasteiger partial charge in [-0.1, -0.05) is 24.3 Å². The molecule has 0 saturated carbocycles. The van der Waals surface area contributed by atoms with Crippen molar-refractivity contribution < 1.29 is 14.3 Å². The van der Waals surface area contributed by atoms with Gasteiger partial charge in [0.1, 0.15) is 11.5 Å². The van der Waals surface area contributed by atoms with Crippen LogP contribution in [0, 0.1) is 6.92 Å². The molecule has 1 aromatic heterocycles. The summed E-state index contributed by atoms with van der Waals surface area (Å²) in [5, 5.41) is 1.24. The zero-order valence-electron chi connectivity index (χ0n) is 16.4. The highest BCUT2D eigenvalue weighted by molar-refractivity contribution is 5.97. The van der Waals surface area contributed by atoms with Crippen LogP contribution < -0.4 is 9.47 Å². The first-order chi connectivity index (χ1) is 13.6. The molecule has 2 aromatic carbocycles. The first-order valence-corrected chi connectivity index (χ1v) is 9.39. The normalized spacial score (nSPS) is 14.1. The summed E-state index contributed by atoms with van der Waals surface area (Å²) >= 11 is 0. The van der Waals surface area contributed by atoms with E-state index in [1.54, 1.807) is 32.4 Å². The highest BCUT2D eigenvalue weighted by Crippen LogP contribution is 2.31. The lowest BCUT2D eigenvalue weighted by Crippen LogP contribution is -2.34. The molecule has 1 aliphatic heterocycles. The summed E-state index contributed by atoms with van der Waals surface area (Å²) < 4.78 is 10.6. The minimum absolute atomic E-state index is 0.0118. The smallest absolute Gasteiger partial charge is 0.254 e. The number of hydrogen-bond donors (Lipinski definition) is 1. The van der Waals surface area contributed by atoms with Crippen LogP contribution in [-0.2, 0) is 0 Å². The van der Waals surface area contributed by atoms with Gasteiger partial charge in [0.25, 0.3) is 5.91 Å². The number of H-pyrrole nitrogens is 1. The van der Waals surface area contributed by atoms with E-state index in [2.05, 4.69) is 42.4 Å². The second-order valence-electron chi connectivity index (χ2n) is 7.03. The van der Waals surface area contributed by atoms with E-state index in [0.717, 1.165) is 6.42 Å². The zero-order valence-corrected chi connectivity index (χ0v) is 16.4. The molecule has 0 spiro atoms. The maximum atomic E-state index is 13.0. The number of carbonyl (C=O) groups excluding carboxylic acids is 1. The van der Waals surface area contributed by atoms with E-state index < -0.39 is 0 Å². The molecular formula is C23H24N2O3. The summed E-state index contributed by atoms with van der Waals surface area (Å²) in [5.41, 5.74) is 5.51. The van der Waals surface area contributed by atoms with E-state index >= 15 is 0 Å². The summed E-state index contributed by atoms with van der Waals surface area (Å²) in [4.78, 5) is 18.2. The molecule has 5 heteroatoms. The Morgan fingerprint density at radius 3 is 2.50 bits per heavy atom. The number of rotatable bonds is 4. The number of aromatic amines is 1. The van der Waals surface area contributed by atoms with Crippen LogP contribution in [0.25, 0.3) is 16.5 Å². The molecule has 0 saturated heterocycles. The number of carbonyl (C=O) groups is 1. The van der Waals surface area contributed by atoms with Crippen molar-refractivity contribution in [3.05, 3.63) is 65.4 Å². The van der Waals surface area contributed by atoms with Gasteiger partial charge in [-0.3, -0.25) is 4.79 Å². The van der Waals surface area contributed by atoms with Crippen molar-refractivity contribution in [3.63, 3.8) is 0 Å². The van der Waals surface area contributed by atoms with Crippen LogP contribution in [-0.4, -0.2) is 43.1 Å². The van der Waals surface area contributed by atoms with Crippen LogP contribution in [0.2, 0.25) is 0 Å². The number of benzene rings is 2. The first kappa shape index (κ1) is 18.2. The average molecular weight is 376 g/mol. The summed E-state index contributed by atoms with van der Waals surface area (Å²) in [5.74, 6) is 1.22. The number of ether oxygens (including phenoxy) is 2. The van der Waals surface area contributed by atoms with Gasteiger partial charge in [-0.25, -0.2) is 0 Å². The molecule has 0 aliphatic carbocycles. The predicted octanol–water partition coefficient (Wildman–Crippen LogP) is 4.42. The first-order valence-electron chi connectivity index (χ1n) is 9.39. The van der Waals surface area contributed by atoms with Gasteiger partial charge in [0.05, 0.1) is 14.2 Å². The summed E-state index contributed by atoms with van der Waals surface area (Å²) in [6.07, 6.45) is 5.06. The zero-order chi connectivity index (χ0) is 19.7. The molecule has 1 aliphatic rings. The Labute approximate surface area is 164 Å². The third kappa shape index (κ3) is 3.24. The average Bonchev–Trinajstić information content (AvgIpc) is 3.18. The Bertz CT molecular complexity index is 1040. The highest BCUT2D eigenvalue weighted by atomic mass is 16.5. The summed E-state index contributed by atoms with van der Waals surface area (Å²) in [6, 6.07) is 11.6. The number of nitrogens with one attached hydrogen (secondary N) is 1. The molecule has 3 aromatic rings. The van der Waals surface area contributed by atoms with E-state index in [-0.39, 0.29) is 5.91 Å². The Balaban J connectivity index is 1.57. The van der Waals surface area contributed by atoms with E-state index in [1.807, 2.05) is 4.90 Å². The number of amides is 1. The fraction of sp³-hybridized carbons (Fsp3) is 0.261. The molecule has 1 N–H and O–H groups in total. The van der Waals surface area contributed by atoms with Gasteiger partial charge in [-0.2, -0.15) is 0 Å². The Morgan fingerprint density at radius 1 is 1.11 bits per heavy atom. The number of aromatic nitrogens is 1. The van der Waals surface area contributed by atoms with Gasteiger partial charge >= 0.3 is 0 Å². The molecule has 2 heterocycles. The molecular weight excluding hydrogens is 352 g/mol. The van der Waals surface area contributed by atoms with Crippen molar-refractivity contribution in [2.75, 3.05) is 27.3 Å². The molecule has 0 unspecified atom stereocenters. The quantitative estimate of drug-likeness (QED) is 0.733. The maximum Gasteiger partial charge on any atom is 0.254 e. The van der Waals surface area contributed by atoms with Crippen molar-refractivity contribution in [2.24, 2.45) is 0 Å². The van der Waals surface area contributed by atoms with Crippen molar-refractivity contribution >= 4 is 22.4 Å². The van der Waals surface area contributed by atoms with Gasteiger partial charge in [0, 0.05) is 47.4 Å². The lowest BCUT2D eigenvalue weighted by Gasteiger charge is -2.27. The lowest BCUT2D eigenvalue weighted by molar-refractivity contribution is 0.0772. The van der Waals surface area contributed by atoms with Gasteiger partial charge in [0.15, 0.2) is 0 Å². The summed E-state index contributed by atoms with van der Waals surface area (Å²) in [6.45, 7) is 3.38. The second kappa shape index (κ2) is 7.43. The maximum absolute atomic E-state index is 13.0. The Hall–Kier alpha value is -3.21. The summed E-state index contributed by atoms with van der Waals surface area (Å²) in [7, 11) is 3.17. The minimum atomic E-state index is -0.0118. The molecule has 28 heavy (non-hydrogen) atoms. The monoisotopic (exact) mass is 376 g/mol. The predicted molar refractivity (Wildman–Crippen MR) is 111 cm³/mol. The van der Waals surface area contributed by atoms with Crippen molar-refractivity contribution in [1.29, 1.82) is 0 Å². The van der Waals surface area contributed by atoms with Crippen LogP contribution in [0.5, 0.6) is 11.5 Å². The number of aryl methyl sites for hydroxylation is 1. The SMILES string of the molecule is COc1cc(OC)cc(C(=O)N2CC=C(c3c[nH]c4c(C)cccc34)CC2)c1. The molecule has 5 nitrogen and oxygen atoms in total. The van der Waals surface area contributed by atoms with E-state index in [1.165, 1.54) is 27.6 Å². The minimum Gasteiger partial charge on any atom is -0.497 e. The van der Waals surface area contributed by atoms with Gasteiger partial charge in [-0.05, 0) is 36.6 Å². The van der Waals surface area contributed by atoms with Crippen LogP contribution in [0.1, 0.15) is 27.9 Å². The molecule has 144 valence electrons. The fourth-order valence-corrected chi connectivity index (χ4v) is 3.78. The largest absolute Gasteiger partial charge is 0.497 e. The highest BCUT2D eigenvalue weighted by Gasteiger charge is 2.21. The topological polar surface area (TPSA) is 54.6 Å². The van der Waals surface area contributed by atoms with Crippen molar-refractivity contribution in [1.82, 2.24) is 9.88 Å². The molecule has 0 fully saturated rings. The van der Waals surface area contributed by atoms with Crippen LogP contribution in [0.4, 0.5) is 0 Å². The lowest BCUT2D eigenvalue weighted by atomic mass is 9.98. The number of fused-ring (bicyclic) bond motifs is 1. The third-order valence-electron chi connectivity index (χ3n) is 5.36. The molecule has 1 amide bonds. The second-order valence-corrected chi connectivity index (χ2v) is 7.03. The van der Waals surface area contributed by atoms with E-state index in [0.29, 0.717) is 30.2 Å². The van der Waals surface area contributed by atoms with Crippen LogP contribution in [0.3, 0.4) is 0 Å². The van der Waals surface area contributed by atoms with Crippen LogP contribution >= 0.6 is 0 Å². The molecule has 0 bridgehead atoms.